The lowest BCUT2D eigenvalue weighted by Gasteiger charge is -2.39. The van der Waals surface area contributed by atoms with Gasteiger partial charge in [-0.25, -0.2) is 4.98 Å². The molecule has 1 fully saturated rings. The number of piperazine rings is 1. The van der Waals surface area contributed by atoms with Crippen molar-refractivity contribution >= 4 is 16.5 Å². The lowest BCUT2D eigenvalue weighted by Crippen LogP contribution is -2.51. The fraction of sp³-hybridized carbons (Fsp3) is 0.471. The molecule has 0 radical (unpaired) electrons. The largest absolute Gasteiger partial charge is 0.497 e. The van der Waals surface area contributed by atoms with Gasteiger partial charge in [0.25, 0.3) is 0 Å². The quantitative estimate of drug-likeness (QED) is 0.910. The molecule has 0 spiro atoms. The molecular weight excluding hydrogens is 310 g/mol. The lowest BCUT2D eigenvalue weighted by molar-refractivity contribution is 0.0545. The number of benzene rings is 1. The number of aliphatic hydroxyl groups excluding tert-OH is 1. The van der Waals surface area contributed by atoms with Crippen molar-refractivity contribution in [2.24, 2.45) is 0 Å². The summed E-state index contributed by atoms with van der Waals surface area (Å²) in [5.74, 6) is 0.811. The second-order valence-corrected chi connectivity index (χ2v) is 6.67. The first-order chi connectivity index (χ1) is 11.2. The molecule has 2 atom stereocenters. The van der Waals surface area contributed by atoms with Gasteiger partial charge in [0, 0.05) is 43.8 Å². The molecule has 0 aliphatic carbocycles. The van der Waals surface area contributed by atoms with Crippen LogP contribution in [0.1, 0.15) is 18.6 Å². The van der Waals surface area contributed by atoms with Crippen LogP contribution in [-0.4, -0.2) is 54.3 Å². The van der Waals surface area contributed by atoms with E-state index in [4.69, 9.17) is 4.74 Å². The van der Waals surface area contributed by atoms with Gasteiger partial charge in [0.15, 0.2) is 5.13 Å². The van der Waals surface area contributed by atoms with Gasteiger partial charge in [-0.2, -0.15) is 0 Å². The summed E-state index contributed by atoms with van der Waals surface area (Å²) in [5.41, 5.74) is 0.931. The topological polar surface area (TPSA) is 48.8 Å². The molecule has 1 N–H and O–H groups in total. The average Bonchev–Trinajstić information content (AvgIpc) is 3.15. The van der Waals surface area contributed by atoms with E-state index in [2.05, 4.69) is 21.7 Å². The van der Waals surface area contributed by atoms with Crippen molar-refractivity contribution in [2.45, 2.75) is 19.1 Å². The van der Waals surface area contributed by atoms with Crippen LogP contribution in [-0.2, 0) is 0 Å². The molecule has 5 nitrogen and oxygen atoms in total. The minimum atomic E-state index is -0.493. The molecule has 1 aromatic heterocycles. The van der Waals surface area contributed by atoms with Crippen LogP contribution in [0.15, 0.2) is 35.8 Å². The highest BCUT2D eigenvalue weighted by Gasteiger charge is 2.27. The van der Waals surface area contributed by atoms with Crippen molar-refractivity contribution in [1.29, 1.82) is 0 Å². The Kier molecular flexibility index (Phi) is 5.15. The van der Waals surface area contributed by atoms with Gasteiger partial charge in [-0.3, -0.25) is 4.90 Å². The number of ether oxygens (including phenoxy) is 1. The number of aliphatic hydroxyl groups is 1. The molecule has 1 aliphatic heterocycles. The zero-order chi connectivity index (χ0) is 16.2. The molecule has 0 saturated carbocycles. The van der Waals surface area contributed by atoms with Gasteiger partial charge < -0.3 is 14.7 Å². The zero-order valence-electron chi connectivity index (χ0n) is 13.6. The highest BCUT2D eigenvalue weighted by Crippen LogP contribution is 2.25. The molecular formula is C17H23N3O2S. The van der Waals surface area contributed by atoms with Crippen LogP contribution in [0.4, 0.5) is 5.13 Å². The molecule has 0 unspecified atom stereocenters. The Morgan fingerprint density at radius 1 is 1.17 bits per heavy atom. The molecule has 0 bridgehead atoms. The molecule has 1 saturated heterocycles. The molecule has 1 aliphatic rings. The van der Waals surface area contributed by atoms with Crippen molar-refractivity contribution in [2.75, 3.05) is 38.2 Å². The average molecular weight is 333 g/mol. The van der Waals surface area contributed by atoms with Crippen molar-refractivity contribution in [3.05, 3.63) is 41.4 Å². The van der Waals surface area contributed by atoms with E-state index in [1.165, 1.54) is 0 Å². The number of hydrogen-bond acceptors (Lipinski definition) is 6. The highest BCUT2D eigenvalue weighted by molar-refractivity contribution is 7.13. The summed E-state index contributed by atoms with van der Waals surface area (Å²) in [7, 11) is 1.65. The molecule has 1 aromatic carbocycles. The van der Waals surface area contributed by atoms with Gasteiger partial charge >= 0.3 is 0 Å². The van der Waals surface area contributed by atoms with Crippen LogP contribution >= 0.6 is 11.3 Å². The molecule has 6 heteroatoms. The summed E-state index contributed by atoms with van der Waals surface area (Å²) in [5, 5.41) is 13.8. The Labute approximate surface area is 141 Å². The molecule has 124 valence electrons. The van der Waals surface area contributed by atoms with E-state index in [-0.39, 0.29) is 6.04 Å². The minimum Gasteiger partial charge on any atom is -0.497 e. The second-order valence-electron chi connectivity index (χ2n) is 5.80. The van der Waals surface area contributed by atoms with E-state index in [1.54, 1.807) is 18.4 Å². The fourth-order valence-electron chi connectivity index (χ4n) is 2.97. The summed E-state index contributed by atoms with van der Waals surface area (Å²) in [4.78, 5) is 9.03. The van der Waals surface area contributed by atoms with E-state index in [0.717, 1.165) is 42.6 Å². The van der Waals surface area contributed by atoms with Gasteiger partial charge in [0.05, 0.1) is 13.2 Å². The van der Waals surface area contributed by atoms with Gasteiger partial charge in [-0.15, -0.1) is 11.3 Å². The normalized spacial score (nSPS) is 18.7. The first-order valence-electron chi connectivity index (χ1n) is 7.89. The van der Waals surface area contributed by atoms with Gasteiger partial charge in [0.2, 0.25) is 0 Å². The van der Waals surface area contributed by atoms with Crippen LogP contribution in [0.5, 0.6) is 5.75 Å². The lowest BCUT2D eigenvalue weighted by atomic mass is 10.0. The maximum atomic E-state index is 10.6. The number of methoxy groups -OCH3 is 1. The Balaban J connectivity index is 1.58. The van der Waals surface area contributed by atoms with Gasteiger partial charge in [-0.05, 0) is 24.6 Å². The maximum absolute atomic E-state index is 10.6. The second kappa shape index (κ2) is 7.29. The van der Waals surface area contributed by atoms with Crippen LogP contribution in [0.2, 0.25) is 0 Å². The van der Waals surface area contributed by atoms with E-state index in [0.29, 0.717) is 0 Å². The third-order valence-electron chi connectivity index (χ3n) is 4.49. The van der Waals surface area contributed by atoms with Gasteiger partial charge in [-0.1, -0.05) is 12.1 Å². The van der Waals surface area contributed by atoms with E-state index < -0.39 is 6.10 Å². The monoisotopic (exact) mass is 333 g/mol. The summed E-state index contributed by atoms with van der Waals surface area (Å²) in [6.45, 7) is 5.87. The summed E-state index contributed by atoms with van der Waals surface area (Å²) in [6.07, 6.45) is 1.36. The Morgan fingerprint density at radius 3 is 2.43 bits per heavy atom. The molecule has 3 rings (SSSR count). The SMILES string of the molecule is COc1ccc([C@@H](O)[C@H](C)N2CCN(c3nccs3)CC2)cc1. The van der Waals surface area contributed by atoms with Crippen molar-refractivity contribution in [3.8, 4) is 5.75 Å². The first kappa shape index (κ1) is 16.2. The molecule has 23 heavy (non-hydrogen) atoms. The molecule has 2 aromatic rings. The van der Waals surface area contributed by atoms with Gasteiger partial charge in [0.1, 0.15) is 5.75 Å². The van der Waals surface area contributed by atoms with Crippen LogP contribution in [0, 0.1) is 0 Å². The van der Waals surface area contributed by atoms with Crippen molar-refractivity contribution in [1.82, 2.24) is 9.88 Å². The molecule has 2 heterocycles. The number of aromatic nitrogens is 1. The van der Waals surface area contributed by atoms with Crippen molar-refractivity contribution < 1.29 is 9.84 Å². The van der Waals surface area contributed by atoms with Crippen molar-refractivity contribution in [3.63, 3.8) is 0 Å². The number of anilines is 1. The number of rotatable bonds is 5. The number of nitrogens with zero attached hydrogens (tertiary/aromatic N) is 3. The number of hydrogen-bond donors (Lipinski definition) is 1. The Bertz CT molecular complexity index is 595. The zero-order valence-corrected chi connectivity index (χ0v) is 14.4. The van der Waals surface area contributed by atoms with E-state index in [1.807, 2.05) is 35.8 Å². The molecule has 0 amide bonds. The highest BCUT2D eigenvalue weighted by atomic mass is 32.1. The summed E-state index contributed by atoms with van der Waals surface area (Å²) >= 11 is 1.68. The Morgan fingerprint density at radius 2 is 1.87 bits per heavy atom. The summed E-state index contributed by atoms with van der Waals surface area (Å²) in [6, 6.07) is 7.75. The third kappa shape index (κ3) is 3.65. The minimum absolute atomic E-state index is 0.0850. The fourth-order valence-corrected chi connectivity index (χ4v) is 3.67. The predicted octanol–water partition coefficient (Wildman–Crippen LogP) is 2.40. The van der Waals surface area contributed by atoms with Crippen LogP contribution in [0.3, 0.4) is 0 Å². The van der Waals surface area contributed by atoms with Crippen LogP contribution < -0.4 is 9.64 Å². The third-order valence-corrected chi connectivity index (χ3v) is 5.33. The van der Waals surface area contributed by atoms with E-state index in [9.17, 15) is 5.11 Å². The maximum Gasteiger partial charge on any atom is 0.185 e. The summed E-state index contributed by atoms with van der Waals surface area (Å²) < 4.78 is 5.17. The first-order valence-corrected chi connectivity index (χ1v) is 8.77. The van der Waals surface area contributed by atoms with Crippen LogP contribution in [0.25, 0.3) is 0 Å². The standard InChI is InChI=1S/C17H23N3O2S/c1-13(16(21)14-3-5-15(22-2)6-4-14)19-8-10-20(11-9-19)17-18-7-12-23-17/h3-7,12-13,16,21H,8-11H2,1-2H3/t13-,16-/m0/s1. The Hall–Kier alpha value is -1.63. The predicted molar refractivity (Wildman–Crippen MR) is 93.3 cm³/mol. The van der Waals surface area contributed by atoms with E-state index >= 15 is 0 Å². The number of thiazole rings is 1. The smallest absolute Gasteiger partial charge is 0.185 e.